The molecule has 0 aliphatic carbocycles. The maximum Gasteiger partial charge on any atom is 0.302 e. The van der Waals surface area contributed by atoms with Gasteiger partial charge >= 0.3 is 10.1 Å². The van der Waals surface area contributed by atoms with Crippen molar-refractivity contribution in [1.82, 2.24) is 0 Å². The van der Waals surface area contributed by atoms with E-state index in [0.717, 1.165) is 0 Å². The second-order valence-corrected chi connectivity index (χ2v) is 8.37. The number of hydrogen-bond donors (Lipinski definition) is 1. The summed E-state index contributed by atoms with van der Waals surface area (Å²) in [5.41, 5.74) is 3.61. The fraction of sp³-hybridized carbons (Fsp3) is 0.211. The van der Waals surface area contributed by atoms with E-state index in [2.05, 4.69) is 0 Å². The number of carbonyl (C=O) groups is 1. The summed E-state index contributed by atoms with van der Waals surface area (Å²) in [5, 5.41) is 0. The van der Waals surface area contributed by atoms with Gasteiger partial charge < -0.3 is 24.1 Å². The molecule has 1 aliphatic rings. The van der Waals surface area contributed by atoms with E-state index in [9.17, 15) is 13.2 Å². The van der Waals surface area contributed by atoms with Gasteiger partial charge in [0.1, 0.15) is 11.5 Å². The Hall–Kier alpha value is -3.01. The predicted molar refractivity (Wildman–Crippen MR) is 114 cm³/mol. The van der Waals surface area contributed by atoms with Gasteiger partial charge in [0.2, 0.25) is 17.4 Å². The summed E-state index contributed by atoms with van der Waals surface area (Å²) >= 11 is 0. The van der Waals surface area contributed by atoms with Gasteiger partial charge in [-0.1, -0.05) is 30.3 Å². The van der Waals surface area contributed by atoms with E-state index in [1.54, 1.807) is 6.07 Å². The average Bonchev–Trinajstić information content (AvgIpc) is 2.97. The van der Waals surface area contributed by atoms with Crippen LogP contribution in [0.5, 0.6) is 11.5 Å². The molecule has 2 aromatic rings. The highest BCUT2D eigenvalue weighted by Crippen LogP contribution is 2.42. The van der Waals surface area contributed by atoms with Crippen molar-refractivity contribution in [2.24, 2.45) is 5.73 Å². The van der Waals surface area contributed by atoms with Crippen molar-refractivity contribution in [1.29, 1.82) is 0 Å². The predicted octanol–water partition coefficient (Wildman–Crippen LogP) is 0.246. The van der Waals surface area contributed by atoms with Crippen molar-refractivity contribution in [3.05, 3.63) is 71.3 Å². The van der Waals surface area contributed by atoms with Gasteiger partial charge in [-0.15, -0.1) is 0 Å². The Morgan fingerprint density at radius 3 is 2.29 bits per heavy atom. The fourth-order valence-corrected chi connectivity index (χ4v) is 3.87. The smallest absolute Gasteiger partial charge is 0.302 e. The minimum absolute atomic E-state index is 0.0244. The van der Waals surface area contributed by atoms with Crippen LogP contribution in [0.25, 0.3) is 0 Å². The highest BCUT2D eigenvalue weighted by Gasteiger charge is 2.51. The number of nitrogens with two attached hydrogens (primary N) is 1. The maximum absolute atomic E-state index is 13.1. The molecule has 1 heterocycles. The summed E-state index contributed by atoms with van der Waals surface area (Å²) in [6, 6.07) is 11.9. The van der Waals surface area contributed by atoms with Crippen LogP contribution in [0.3, 0.4) is 0 Å². The largest absolute Gasteiger partial charge is 0.497 e. The molecule has 0 fully saturated rings. The van der Waals surface area contributed by atoms with Crippen molar-refractivity contribution in [2.45, 2.75) is 10.0 Å². The first-order valence-corrected chi connectivity index (χ1v) is 10.2. The summed E-state index contributed by atoms with van der Waals surface area (Å²) in [7, 11) is 15.8. The third-order valence-corrected chi connectivity index (χ3v) is 6.13. The van der Waals surface area contributed by atoms with Crippen LogP contribution in [-0.4, -0.2) is 52.0 Å². The Labute approximate surface area is 184 Å². The Morgan fingerprint density at radius 1 is 1.06 bits per heavy atom. The molecule has 154 valence electrons. The van der Waals surface area contributed by atoms with E-state index in [-0.39, 0.29) is 16.9 Å². The molecular formula is C19H16B3NO7S. The summed E-state index contributed by atoms with van der Waals surface area (Å²) in [5.74, 6) is -2.01. The molecule has 3 rings (SSSR count). The number of ether oxygens (including phenoxy) is 3. The van der Waals surface area contributed by atoms with Gasteiger partial charge in [0.05, 0.1) is 34.5 Å². The van der Waals surface area contributed by atoms with Gasteiger partial charge in [0.15, 0.2) is 13.3 Å². The SMILES string of the molecule is [B]C1(c2ccc(OC)cc2OC)OC(N)=C(OS(=O)(=O)C([B])([B])c2ccccc2)C1=O. The van der Waals surface area contributed by atoms with Crippen LogP contribution in [-0.2, 0) is 33.9 Å². The first kappa shape index (κ1) is 22.7. The number of Topliss-reactive ketones (excluding diaryl/α,β-unsaturated/α-hetero) is 1. The molecule has 6 radical (unpaired) electrons. The Morgan fingerprint density at radius 2 is 1.71 bits per heavy atom. The first-order chi connectivity index (χ1) is 14.5. The first-order valence-electron chi connectivity index (χ1n) is 8.80. The zero-order valence-electron chi connectivity index (χ0n) is 16.7. The zero-order valence-corrected chi connectivity index (χ0v) is 17.5. The van der Waals surface area contributed by atoms with Gasteiger partial charge in [-0.25, -0.2) is 0 Å². The molecule has 0 spiro atoms. The summed E-state index contributed by atoms with van der Waals surface area (Å²) < 4.78 is 43.7. The quantitative estimate of drug-likeness (QED) is 0.487. The van der Waals surface area contributed by atoms with Gasteiger partial charge in [0.25, 0.3) is 0 Å². The lowest BCUT2D eigenvalue weighted by Gasteiger charge is -2.27. The lowest BCUT2D eigenvalue weighted by molar-refractivity contribution is -0.126. The molecule has 0 bridgehead atoms. The molecule has 0 amide bonds. The van der Waals surface area contributed by atoms with Crippen LogP contribution < -0.4 is 15.2 Å². The van der Waals surface area contributed by atoms with E-state index in [1.165, 1.54) is 56.7 Å². The molecule has 8 nitrogen and oxygen atoms in total. The maximum atomic E-state index is 13.1. The lowest BCUT2D eigenvalue weighted by atomic mass is 9.65. The van der Waals surface area contributed by atoms with E-state index in [0.29, 0.717) is 5.75 Å². The van der Waals surface area contributed by atoms with Crippen LogP contribution in [0, 0.1) is 0 Å². The number of hydrogen-bond acceptors (Lipinski definition) is 8. The van der Waals surface area contributed by atoms with Gasteiger partial charge in [-0.05, 0) is 17.7 Å². The second kappa shape index (κ2) is 7.92. The highest BCUT2D eigenvalue weighted by molar-refractivity contribution is 7.90. The average molecular weight is 435 g/mol. The van der Waals surface area contributed by atoms with E-state index in [4.69, 9.17) is 47.7 Å². The van der Waals surface area contributed by atoms with Gasteiger partial charge in [0, 0.05) is 11.6 Å². The lowest BCUT2D eigenvalue weighted by Crippen LogP contribution is -2.40. The number of ketones is 1. The molecule has 2 N–H and O–H groups in total. The van der Waals surface area contributed by atoms with Crippen LogP contribution in [0.15, 0.2) is 60.2 Å². The van der Waals surface area contributed by atoms with Crippen molar-refractivity contribution in [3.8, 4) is 11.5 Å². The van der Waals surface area contributed by atoms with Crippen LogP contribution in [0.2, 0.25) is 0 Å². The van der Waals surface area contributed by atoms with Gasteiger partial charge in [-0.3, -0.25) is 4.79 Å². The standard InChI is InChI=1S/C19H16B3NO7S/c1-27-12-8-9-13(14(10-12)28-2)18(20)16(24)15(17(23)29-18)30-31(25,26)19(21,22)11-6-4-3-5-7-11/h3-10H,23H2,1-2H3. The van der Waals surface area contributed by atoms with Crippen molar-refractivity contribution < 1.29 is 31.6 Å². The molecule has 0 saturated carbocycles. The molecule has 12 heteroatoms. The van der Waals surface area contributed by atoms with Crippen LogP contribution in [0.1, 0.15) is 11.1 Å². The minimum atomic E-state index is -4.81. The number of carbonyl (C=O) groups excluding carboxylic acids is 1. The summed E-state index contributed by atoms with van der Waals surface area (Å²) in [6.07, 6.45) is 0. The van der Waals surface area contributed by atoms with Crippen molar-refractivity contribution in [3.63, 3.8) is 0 Å². The molecule has 31 heavy (non-hydrogen) atoms. The second-order valence-electron chi connectivity index (χ2n) is 6.62. The molecule has 1 atom stereocenters. The molecule has 2 aromatic carbocycles. The van der Waals surface area contributed by atoms with Crippen LogP contribution in [0.4, 0.5) is 0 Å². The summed E-state index contributed by atoms with van der Waals surface area (Å²) in [4.78, 5) is 13.1. The van der Waals surface area contributed by atoms with Gasteiger partial charge in [-0.2, -0.15) is 8.42 Å². The third-order valence-electron chi connectivity index (χ3n) is 4.68. The Balaban J connectivity index is 1.97. The Bertz CT molecular complexity index is 1150. The number of rotatable bonds is 7. The topological polar surface area (TPSA) is 114 Å². The monoisotopic (exact) mass is 435 g/mol. The fourth-order valence-electron chi connectivity index (χ4n) is 2.93. The number of methoxy groups -OCH3 is 2. The summed E-state index contributed by atoms with van der Waals surface area (Å²) in [6.45, 7) is 0. The number of benzene rings is 2. The third kappa shape index (κ3) is 3.76. The van der Waals surface area contributed by atoms with E-state index < -0.39 is 37.6 Å². The molecule has 1 unspecified atom stereocenters. The van der Waals surface area contributed by atoms with Crippen molar-refractivity contribution in [2.75, 3.05) is 14.2 Å². The zero-order chi connectivity index (χ0) is 23.0. The Kier molecular flexibility index (Phi) is 5.79. The molecule has 1 aliphatic heterocycles. The van der Waals surface area contributed by atoms with Crippen LogP contribution >= 0.6 is 0 Å². The molecule has 0 saturated heterocycles. The minimum Gasteiger partial charge on any atom is -0.497 e. The van der Waals surface area contributed by atoms with E-state index >= 15 is 0 Å². The molecule has 0 aromatic heterocycles. The highest BCUT2D eigenvalue weighted by atomic mass is 32.2. The van der Waals surface area contributed by atoms with E-state index in [1.807, 2.05) is 0 Å². The normalized spacial score (nSPS) is 19.1. The van der Waals surface area contributed by atoms with Crippen molar-refractivity contribution >= 4 is 39.4 Å². The molecular weight excluding hydrogens is 419 g/mol.